The van der Waals surface area contributed by atoms with Crippen molar-refractivity contribution in [2.45, 2.75) is 25.4 Å². The second-order valence-corrected chi connectivity index (χ2v) is 9.16. The largest absolute Gasteiger partial charge is 0.444 e. The number of halogens is 3. The Balaban J connectivity index is 1.56. The Morgan fingerprint density at radius 1 is 1.22 bits per heavy atom. The summed E-state index contributed by atoms with van der Waals surface area (Å²) in [5.41, 5.74) is -0.531. The molecule has 0 unspecified atom stereocenters. The topological polar surface area (TPSA) is 79.0 Å². The van der Waals surface area contributed by atoms with E-state index in [0.717, 1.165) is 24.3 Å². The predicted octanol–water partition coefficient (Wildman–Crippen LogP) is 4.46. The Hall–Kier alpha value is -3.08. The molecular weight excluding hydrogens is 445 g/mol. The molecule has 3 aromatic rings. The molecule has 32 heavy (non-hydrogen) atoms. The zero-order valence-corrected chi connectivity index (χ0v) is 17.7. The molecule has 5 rings (SSSR count). The summed E-state index contributed by atoms with van der Waals surface area (Å²) in [6, 6.07) is 4.67. The van der Waals surface area contributed by atoms with Gasteiger partial charge >= 0.3 is 6.03 Å². The highest BCUT2D eigenvalue weighted by atomic mass is 32.2. The number of aromatic nitrogens is 1. The molecule has 2 aliphatic heterocycles. The summed E-state index contributed by atoms with van der Waals surface area (Å²) in [7, 11) is -1.28. The van der Waals surface area contributed by atoms with E-state index in [-0.39, 0.29) is 47.0 Å². The van der Waals surface area contributed by atoms with E-state index in [4.69, 9.17) is 4.52 Å². The maximum atomic E-state index is 14.5. The van der Waals surface area contributed by atoms with Gasteiger partial charge in [0.05, 0.1) is 17.0 Å². The number of carbonyl (C=O) groups is 1. The number of rotatable bonds is 4. The normalized spacial score (nSPS) is 21.7. The van der Waals surface area contributed by atoms with Crippen molar-refractivity contribution in [3.8, 4) is 11.1 Å². The highest BCUT2D eigenvalue weighted by Gasteiger charge is 2.45. The number of nitrogens with zero attached hydrogens (tertiary/aromatic N) is 4. The molecule has 0 aliphatic carbocycles. The molecule has 1 aromatic heterocycles. The third-order valence-corrected chi connectivity index (χ3v) is 6.81. The molecule has 11 heteroatoms. The minimum absolute atomic E-state index is 0.0243. The summed E-state index contributed by atoms with van der Waals surface area (Å²) < 4.78 is 64.5. The monoisotopic (exact) mass is 463 g/mol. The van der Waals surface area contributed by atoms with Crippen LogP contribution in [0.1, 0.15) is 13.3 Å². The van der Waals surface area contributed by atoms with E-state index in [9.17, 15) is 22.2 Å². The van der Waals surface area contributed by atoms with Crippen molar-refractivity contribution >= 4 is 33.4 Å². The molecule has 2 amide bonds. The molecule has 2 atom stereocenters. The third kappa shape index (κ3) is 3.31. The fraction of sp³-hybridized carbons (Fsp3) is 0.333. The van der Waals surface area contributed by atoms with E-state index in [0.29, 0.717) is 18.7 Å². The second-order valence-electron chi connectivity index (χ2n) is 7.73. The summed E-state index contributed by atoms with van der Waals surface area (Å²) in [5.74, 6) is -2.00. The van der Waals surface area contributed by atoms with E-state index < -0.39 is 33.6 Å². The minimum atomic E-state index is -1.28. The van der Waals surface area contributed by atoms with Crippen molar-refractivity contribution in [3.05, 3.63) is 47.8 Å². The smallest absolute Gasteiger partial charge is 0.326 e. The van der Waals surface area contributed by atoms with Gasteiger partial charge in [-0.05, 0) is 24.6 Å². The van der Waals surface area contributed by atoms with Crippen LogP contribution in [-0.4, -0.2) is 47.0 Å². The molecule has 0 saturated carbocycles. The van der Waals surface area contributed by atoms with Crippen LogP contribution < -0.4 is 4.90 Å². The van der Waals surface area contributed by atoms with Crippen LogP contribution in [0.25, 0.3) is 22.1 Å². The zero-order chi connectivity index (χ0) is 22.6. The van der Waals surface area contributed by atoms with E-state index >= 15 is 0 Å². The lowest BCUT2D eigenvalue weighted by atomic mass is 10.00. The maximum Gasteiger partial charge on any atom is 0.326 e. The molecule has 0 radical (unpaired) electrons. The molecule has 0 N–H and O–H groups in total. The molecule has 2 saturated heterocycles. The van der Waals surface area contributed by atoms with E-state index in [2.05, 4.69) is 9.52 Å². The average molecular weight is 463 g/mol. The lowest BCUT2D eigenvalue weighted by Gasteiger charge is -2.18. The average Bonchev–Trinajstić information content (AvgIpc) is 3.42. The molecular formula is C21H18F3N4O3S-. The Bertz CT molecular complexity index is 1300. The summed E-state index contributed by atoms with van der Waals surface area (Å²) in [5, 5.41) is 4.09. The van der Waals surface area contributed by atoms with Crippen molar-refractivity contribution in [3.63, 3.8) is 0 Å². The molecule has 3 heterocycles. The first-order chi connectivity index (χ1) is 15.4. The van der Waals surface area contributed by atoms with E-state index in [1.165, 1.54) is 11.0 Å². The third-order valence-electron chi connectivity index (χ3n) is 5.78. The summed E-state index contributed by atoms with van der Waals surface area (Å²) in [4.78, 5) is 16.1. The number of fused-ring (bicyclic) bond motifs is 2. The van der Waals surface area contributed by atoms with Gasteiger partial charge in [0.1, 0.15) is 17.5 Å². The van der Waals surface area contributed by atoms with Gasteiger partial charge in [0, 0.05) is 30.8 Å². The van der Waals surface area contributed by atoms with Crippen LogP contribution in [0.5, 0.6) is 0 Å². The SMILES string of the molecule is CC[S-](=O)=N[C@H]1C[C@H]2CN(c3noc4cc(F)cc(-c5c(F)cccc5F)c34)C(=O)N2C1. The quantitative estimate of drug-likeness (QED) is 0.535. The van der Waals surface area contributed by atoms with Gasteiger partial charge < -0.3 is 18.0 Å². The Morgan fingerprint density at radius 3 is 2.66 bits per heavy atom. The van der Waals surface area contributed by atoms with E-state index in [1.54, 1.807) is 11.8 Å². The van der Waals surface area contributed by atoms with Crippen LogP contribution in [-0.2, 0) is 14.8 Å². The molecule has 2 aliphatic rings. The number of hydrogen-bond donors (Lipinski definition) is 0. The zero-order valence-electron chi connectivity index (χ0n) is 16.9. The van der Waals surface area contributed by atoms with Crippen LogP contribution in [0, 0.1) is 17.5 Å². The highest BCUT2D eigenvalue weighted by Crippen LogP contribution is 2.41. The van der Waals surface area contributed by atoms with Gasteiger partial charge in [0.25, 0.3) is 0 Å². The van der Waals surface area contributed by atoms with Crippen molar-refractivity contribution < 1.29 is 26.7 Å². The molecule has 7 nitrogen and oxygen atoms in total. The standard InChI is InChI=1S/C21H18F3N4O3S/c1-2-32(30)26-12-8-13-10-28(21(29)27(13)9-12)20-19-14(6-11(22)7-17(19)31-25-20)18-15(23)4-3-5-16(18)24/h3-7,12-13H,2,8-10H2,1H3/q-1/t12-,13-/m0/s1. The lowest BCUT2D eigenvalue weighted by molar-refractivity contribution is 0.218. The number of anilines is 1. The van der Waals surface area contributed by atoms with E-state index in [1.807, 2.05) is 0 Å². The van der Waals surface area contributed by atoms with Gasteiger partial charge in [0.15, 0.2) is 11.4 Å². The molecule has 2 fully saturated rings. The summed E-state index contributed by atoms with van der Waals surface area (Å²) in [6.07, 6.45) is 0.549. The minimum Gasteiger partial charge on any atom is -0.444 e. The van der Waals surface area contributed by atoms with Crippen molar-refractivity contribution in [2.24, 2.45) is 4.36 Å². The van der Waals surface area contributed by atoms with Crippen LogP contribution >= 0.6 is 0 Å². The molecule has 168 valence electrons. The fourth-order valence-electron chi connectivity index (χ4n) is 4.40. The van der Waals surface area contributed by atoms with Crippen LogP contribution in [0.2, 0.25) is 0 Å². The van der Waals surface area contributed by atoms with Crippen molar-refractivity contribution in [2.75, 3.05) is 23.7 Å². The fourth-order valence-corrected chi connectivity index (χ4v) is 5.03. The van der Waals surface area contributed by atoms with Crippen molar-refractivity contribution in [1.82, 2.24) is 10.1 Å². The Kier molecular flexibility index (Phi) is 5.07. The molecule has 0 bridgehead atoms. The lowest BCUT2D eigenvalue weighted by Crippen LogP contribution is -2.33. The first kappa shape index (κ1) is 20.8. The number of hydrogen-bond acceptors (Lipinski definition) is 6. The van der Waals surface area contributed by atoms with Gasteiger partial charge in [-0.15, -0.1) is 0 Å². The summed E-state index contributed by atoms with van der Waals surface area (Å²) >= 11 is 0. The van der Waals surface area contributed by atoms with Crippen LogP contribution in [0.3, 0.4) is 0 Å². The Morgan fingerprint density at radius 2 is 1.97 bits per heavy atom. The maximum absolute atomic E-state index is 14.5. The first-order valence-electron chi connectivity index (χ1n) is 10.1. The Labute approximate surface area is 183 Å². The van der Waals surface area contributed by atoms with Gasteiger partial charge in [-0.1, -0.05) is 23.9 Å². The van der Waals surface area contributed by atoms with Gasteiger partial charge in [-0.25, -0.2) is 18.0 Å². The number of urea groups is 1. The molecule has 2 aromatic carbocycles. The number of amides is 2. The highest BCUT2D eigenvalue weighted by molar-refractivity contribution is 7.74. The second kappa shape index (κ2) is 7.80. The predicted molar refractivity (Wildman–Crippen MR) is 112 cm³/mol. The van der Waals surface area contributed by atoms with Crippen LogP contribution in [0.4, 0.5) is 23.8 Å². The number of benzene rings is 2. The molecule has 0 spiro atoms. The number of carbonyl (C=O) groups excluding carboxylic acids is 1. The van der Waals surface area contributed by atoms with Gasteiger partial charge in [0.2, 0.25) is 0 Å². The van der Waals surface area contributed by atoms with Crippen molar-refractivity contribution in [1.29, 1.82) is 0 Å². The summed E-state index contributed by atoms with van der Waals surface area (Å²) in [6.45, 7) is 2.35. The first-order valence-corrected chi connectivity index (χ1v) is 11.4. The van der Waals surface area contributed by atoms with Gasteiger partial charge in [-0.3, -0.25) is 4.90 Å². The van der Waals surface area contributed by atoms with Gasteiger partial charge in [-0.2, -0.15) is 10.6 Å². The van der Waals surface area contributed by atoms with Crippen LogP contribution in [0.15, 0.2) is 39.2 Å².